The second-order valence-electron chi connectivity index (χ2n) is 17.0. The van der Waals surface area contributed by atoms with Crippen LogP contribution in [0.1, 0.15) is 106 Å². The van der Waals surface area contributed by atoms with E-state index in [0.717, 1.165) is 4.90 Å². The minimum atomic E-state index is -1.47. The van der Waals surface area contributed by atoms with Crippen molar-refractivity contribution in [3.05, 3.63) is 91.8 Å². The summed E-state index contributed by atoms with van der Waals surface area (Å²) in [6.07, 6.45) is 3.40. The molecule has 0 bridgehead atoms. The van der Waals surface area contributed by atoms with Gasteiger partial charge in [-0.05, 0) is 107 Å². The number of fused-ring (bicyclic) bond motifs is 4. The fourth-order valence-corrected chi connectivity index (χ4v) is 8.76. The topological polar surface area (TPSA) is 234 Å². The number of primary amides is 1. The van der Waals surface area contributed by atoms with E-state index >= 15 is 4.39 Å². The second kappa shape index (κ2) is 19.0. The Morgan fingerprint density at radius 2 is 1.78 bits per heavy atom. The van der Waals surface area contributed by atoms with Gasteiger partial charge in [0.2, 0.25) is 29.5 Å². The zero-order chi connectivity index (χ0) is 46.8. The van der Waals surface area contributed by atoms with Gasteiger partial charge in [0.1, 0.15) is 30.5 Å². The van der Waals surface area contributed by atoms with Crippen LogP contribution in [0.4, 0.5) is 4.39 Å². The van der Waals surface area contributed by atoms with Crippen molar-refractivity contribution in [3.63, 3.8) is 0 Å². The Bertz CT molecular complexity index is 2580. The number of ether oxygens (including phenoxy) is 2. The van der Waals surface area contributed by atoms with Gasteiger partial charge in [0, 0.05) is 36.5 Å². The Morgan fingerprint density at radius 1 is 1.08 bits per heavy atom. The molecule has 340 valence electrons. The van der Waals surface area contributed by atoms with Crippen molar-refractivity contribution in [3.8, 4) is 11.4 Å². The van der Waals surface area contributed by atoms with Crippen molar-refractivity contribution in [2.45, 2.75) is 130 Å². The molecule has 17 nitrogen and oxygen atoms in total. The van der Waals surface area contributed by atoms with Crippen molar-refractivity contribution in [1.82, 2.24) is 35.4 Å². The van der Waals surface area contributed by atoms with Crippen molar-refractivity contribution in [2.75, 3.05) is 7.05 Å². The molecule has 0 saturated carbocycles. The minimum Gasteiger partial charge on any atom is -0.463 e. The first-order valence-electron chi connectivity index (χ1n) is 21.3. The molecule has 5 atom stereocenters. The van der Waals surface area contributed by atoms with Crippen molar-refractivity contribution >= 4 is 46.9 Å². The molecule has 5 amide bonds. The zero-order valence-electron chi connectivity index (χ0n) is 37.3. The number of nitrogens with two attached hydrogens (primary N) is 1. The van der Waals surface area contributed by atoms with Gasteiger partial charge in [-0.3, -0.25) is 38.5 Å². The third-order valence-corrected chi connectivity index (χ3v) is 12.3. The predicted octanol–water partition coefficient (Wildman–Crippen LogP) is 3.05. The number of pyridine rings is 3. The minimum absolute atomic E-state index is 0.0121. The van der Waals surface area contributed by atoms with Crippen LogP contribution in [0.15, 0.2) is 41.5 Å². The molecule has 0 fully saturated rings. The summed E-state index contributed by atoms with van der Waals surface area (Å²) in [5, 5.41) is 8.85. The molecule has 0 saturated heterocycles. The number of halogens is 1. The van der Waals surface area contributed by atoms with E-state index in [1.165, 1.54) is 31.5 Å². The molecule has 1 aromatic carbocycles. The largest absolute Gasteiger partial charge is 0.463 e. The lowest BCUT2D eigenvalue weighted by Gasteiger charge is -2.33. The highest BCUT2D eigenvalue weighted by molar-refractivity contribution is 5.97. The average Bonchev–Trinajstić information content (AvgIpc) is 3.62. The number of aryl methyl sites for hydroxylation is 1. The molecule has 5 unspecified atom stereocenters. The highest BCUT2D eigenvalue weighted by atomic mass is 19.1. The molecular weight excluding hydrogens is 828 g/mol. The van der Waals surface area contributed by atoms with E-state index in [4.69, 9.17) is 20.2 Å². The van der Waals surface area contributed by atoms with Crippen LogP contribution in [0.2, 0.25) is 0 Å². The summed E-state index contributed by atoms with van der Waals surface area (Å²) in [6.45, 7) is 12.1. The molecule has 0 spiro atoms. The lowest BCUT2D eigenvalue weighted by atomic mass is 9.81. The van der Waals surface area contributed by atoms with Crippen molar-refractivity contribution in [1.29, 1.82) is 0 Å². The first-order chi connectivity index (χ1) is 30.3. The molecule has 0 radical (unpaired) electrons. The van der Waals surface area contributed by atoms with E-state index in [1.54, 1.807) is 37.5 Å². The number of amides is 5. The summed E-state index contributed by atoms with van der Waals surface area (Å²) >= 11 is 0. The fourth-order valence-electron chi connectivity index (χ4n) is 8.76. The molecule has 1 aliphatic carbocycles. The number of likely N-dealkylation sites (N-methyl/N-ethyl adjacent to an activating group) is 1. The van der Waals surface area contributed by atoms with Gasteiger partial charge in [-0.15, -0.1) is 0 Å². The third-order valence-electron chi connectivity index (χ3n) is 12.3. The van der Waals surface area contributed by atoms with Gasteiger partial charge in [0.05, 0.1) is 59.6 Å². The van der Waals surface area contributed by atoms with E-state index in [-0.39, 0.29) is 44.1 Å². The monoisotopic (exact) mass is 882 g/mol. The summed E-state index contributed by atoms with van der Waals surface area (Å²) in [4.78, 5) is 102. The van der Waals surface area contributed by atoms with Crippen LogP contribution < -0.4 is 27.2 Å². The number of nitrogens with one attached hydrogen (secondary N) is 3. The molecule has 64 heavy (non-hydrogen) atoms. The predicted molar refractivity (Wildman–Crippen MR) is 233 cm³/mol. The number of rotatable bonds is 18. The van der Waals surface area contributed by atoms with Crippen LogP contribution in [0.25, 0.3) is 22.3 Å². The Labute approximate surface area is 369 Å². The number of benzene rings is 1. The maximum absolute atomic E-state index is 15.6. The Balaban J connectivity index is 1.31. The molecule has 3 aromatic heterocycles. The molecule has 1 aliphatic heterocycles. The Hall–Kier alpha value is -6.56. The van der Waals surface area contributed by atoms with Gasteiger partial charge >= 0.3 is 0 Å². The molecule has 6 rings (SSSR count). The average molecular weight is 883 g/mol. The maximum Gasteiger partial charge on any atom is 0.293 e. The number of carbonyl (C=O) groups is 6. The van der Waals surface area contributed by atoms with E-state index in [9.17, 15) is 33.6 Å². The van der Waals surface area contributed by atoms with Gasteiger partial charge in [-0.2, -0.15) is 0 Å². The van der Waals surface area contributed by atoms with Gasteiger partial charge in [0.15, 0.2) is 0 Å². The zero-order valence-corrected chi connectivity index (χ0v) is 37.3. The molecular formula is C46H55FN8O9. The fraction of sp³-hybridized carbons (Fsp3) is 0.457. The van der Waals surface area contributed by atoms with E-state index in [0.29, 0.717) is 68.5 Å². The summed E-state index contributed by atoms with van der Waals surface area (Å²) in [6, 6.07) is 2.10. The van der Waals surface area contributed by atoms with Crippen LogP contribution in [-0.2, 0) is 69.8 Å². The molecule has 18 heteroatoms. The molecule has 5 N–H and O–H groups in total. The first-order valence-corrected chi connectivity index (χ1v) is 21.3. The van der Waals surface area contributed by atoms with Crippen LogP contribution in [0, 0.1) is 12.7 Å². The van der Waals surface area contributed by atoms with Crippen molar-refractivity contribution in [2.24, 2.45) is 5.73 Å². The van der Waals surface area contributed by atoms with Gasteiger partial charge in [-0.1, -0.05) is 6.92 Å². The SMILES string of the molecule is CCC(C)(OC(C)C)c1cc2n(c(=O)c1COC=O)Cc1c-2nc2cc(F)c(C)c3c2c1C(NC(=O)C(CC(N)=O)NC(=O)C(C)N(C)C(=O)C(C)NC(=O)Cc1ccncc1)CC3. The summed E-state index contributed by atoms with van der Waals surface area (Å²) in [7, 11) is 1.38. The number of aromatic nitrogens is 3. The highest BCUT2D eigenvalue weighted by Crippen LogP contribution is 2.46. The summed E-state index contributed by atoms with van der Waals surface area (Å²) < 4.78 is 28.6. The number of nitrogens with zero attached hydrogens (tertiary/aromatic N) is 4. The van der Waals surface area contributed by atoms with Crippen LogP contribution >= 0.6 is 0 Å². The number of hydrogen-bond acceptors (Lipinski definition) is 11. The van der Waals surface area contributed by atoms with Crippen LogP contribution in [-0.4, -0.2) is 86.7 Å². The second-order valence-corrected chi connectivity index (χ2v) is 17.0. The van der Waals surface area contributed by atoms with Gasteiger partial charge < -0.3 is 40.6 Å². The third kappa shape index (κ3) is 9.37. The normalized spacial score (nSPS) is 16.1. The molecule has 2 aliphatic rings. The van der Waals surface area contributed by atoms with Gasteiger partial charge in [-0.25, -0.2) is 9.37 Å². The lowest BCUT2D eigenvalue weighted by Crippen LogP contribution is -2.56. The Kier molecular flexibility index (Phi) is 14.0. The number of hydrogen-bond donors (Lipinski definition) is 4. The smallest absolute Gasteiger partial charge is 0.293 e. The quantitative estimate of drug-likeness (QED) is 0.0935. The maximum atomic E-state index is 15.6. The van der Waals surface area contributed by atoms with Crippen molar-refractivity contribution < 1.29 is 42.6 Å². The molecule has 4 aromatic rings. The van der Waals surface area contributed by atoms with Crippen LogP contribution in [0.5, 0.6) is 0 Å². The van der Waals surface area contributed by atoms with Crippen LogP contribution in [0.3, 0.4) is 0 Å². The highest BCUT2D eigenvalue weighted by Gasteiger charge is 2.39. The van der Waals surface area contributed by atoms with E-state index < -0.39 is 77.1 Å². The first kappa shape index (κ1) is 46.9. The summed E-state index contributed by atoms with van der Waals surface area (Å²) in [5.41, 5.74) is 9.09. The molecule has 4 heterocycles. The Morgan fingerprint density at radius 3 is 2.42 bits per heavy atom. The van der Waals surface area contributed by atoms with Gasteiger partial charge in [0.25, 0.3) is 12.0 Å². The standard InChI is InChI=1S/C46H55FN8O9/c1-9-46(7,64-23(2)3)31-17-36-41-29(20-55(36)45(62)30(31)21-63-22-56)40-33(11-10-28-24(4)32(47)18-34(51-41)39(28)40)52-43(60)35(19-37(48)57)53-42(59)26(6)54(8)44(61)25(5)50-38(58)16-27-12-14-49-15-13-27/h12-15,17-18,22-23,25-26,33,35H,9-11,16,19-21H2,1-8H3,(H2,48,57)(H,50,58)(H,52,60)(H,53,59). The lowest BCUT2D eigenvalue weighted by molar-refractivity contribution is -0.142. The van der Waals surface area contributed by atoms with E-state index in [1.807, 2.05) is 27.7 Å². The number of carbonyl (C=O) groups excluding carboxylic acids is 6. The van der Waals surface area contributed by atoms with E-state index in [2.05, 4.69) is 20.9 Å². The summed E-state index contributed by atoms with van der Waals surface area (Å²) in [5.74, 6) is -3.84.